The van der Waals surface area contributed by atoms with Crippen LogP contribution in [0.25, 0.3) is 0 Å². The maximum Gasteiger partial charge on any atom is 0.253 e. The first-order valence-electron chi connectivity index (χ1n) is 5.53. The molecule has 0 aromatic heterocycles. The third-order valence-electron chi connectivity index (χ3n) is 2.98. The Hall–Kier alpha value is -1.88. The molecule has 2 rings (SSSR count). The van der Waals surface area contributed by atoms with Crippen molar-refractivity contribution in [3.05, 3.63) is 35.9 Å². The molecule has 5 heteroatoms. The third-order valence-corrected chi connectivity index (χ3v) is 2.98. The van der Waals surface area contributed by atoms with Crippen molar-refractivity contribution < 1.29 is 9.59 Å². The topological polar surface area (TPSA) is 75.4 Å². The quantitative estimate of drug-likeness (QED) is 0.438. The van der Waals surface area contributed by atoms with Gasteiger partial charge in [-0.3, -0.25) is 15.0 Å². The molecule has 1 saturated heterocycles. The minimum absolute atomic E-state index is 0.00227. The molecule has 0 aliphatic carbocycles. The number of carbonyl (C=O) groups excluding carboxylic acids is 2. The zero-order valence-electron chi connectivity index (χ0n) is 9.43. The van der Waals surface area contributed by atoms with Crippen molar-refractivity contribution in [1.29, 1.82) is 0 Å². The van der Waals surface area contributed by atoms with Crippen molar-refractivity contribution in [2.24, 2.45) is 5.84 Å². The Balaban J connectivity index is 2.02. The molecule has 1 aromatic rings. The van der Waals surface area contributed by atoms with E-state index in [0.717, 1.165) is 5.56 Å². The lowest BCUT2D eigenvalue weighted by Crippen LogP contribution is -2.41. The lowest BCUT2D eigenvalue weighted by molar-refractivity contribution is -0.133. The monoisotopic (exact) mass is 233 g/mol. The highest BCUT2D eigenvalue weighted by Crippen LogP contribution is 2.27. The van der Waals surface area contributed by atoms with Crippen LogP contribution in [-0.4, -0.2) is 29.8 Å². The fourth-order valence-electron chi connectivity index (χ4n) is 2.09. The summed E-state index contributed by atoms with van der Waals surface area (Å²) in [6.07, 6.45) is 0.460. The maximum absolute atomic E-state index is 11.7. The Bertz CT molecular complexity index is 419. The molecule has 1 atom stereocenters. The van der Waals surface area contributed by atoms with E-state index in [0.29, 0.717) is 13.0 Å². The normalized spacial score (nSPS) is 19.5. The lowest BCUT2D eigenvalue weighted by atomic mass is 9.99. The first-order valence-corrected chi connectivity index (χ1v) is 5.53. The van der Waals surface area contributed by atoms with Gasteiger partial charge in [0.05, 0.1) is 0 Å². The van der Waals surface area contributed by atoms with Gasteiger partial charge in [-0.15, -0.1) is 0 Å². The number of nitrogens with two attached hydrogens (primary N) is 1. The molecule has 0 radical (unpaired) electrons. The molecule has 1 aliphatic heterocycles. The molecular weight excluding hydrogens is 218 g/mol. The molecule has 17 heavy (non-hydrogen) atoms. The number of hydrogen-bond acceptors (Lipinski definition) is 3. The molecule has 0 bridgehead atoms. The summed E-state index contributed by atoms with van der Waals surface area (Å²) in [5, 5.41) is 0. The van der Waals surface area contributed by atoms with Crippen LogP contribution < -0.4 is 11.3 Å². The molecule has 0 unspecified atom stereocenters. The molecular formula is C12H15N3O2. The summed E-state index contributed by atoms with van der Waals surface area (Å²) in [4.78, 5) is 24.4. The molecule has 5 nitrogen and oxygen atoms in total. The summed E-state index contributed by atoms with van der Waals surface area (Å²) in [5.41, 5.74) is 3.17. The van der Waals surface area contributed by atoms with Crippen molar-refractivity contribution in [3.8, 4) is 0 Å². The first-order chi connectivity index (χ1) is 8.20. The van der Waals surface area contributed by atoms with E-state index in [1.54, 1.807) is 4.90 Å². The highest BCUT2D eigenvalue weighted by Gasteiger charge is 2.31. The van der Waals surface area contributed by atoms with E-state index >= 15 is 0 Å². The number of hydrogen-bond donors (Lipinski definition) is 2. The number of hydrazine groups is 1. The fraction of sp³-hybridized carbons (Fsp3) is 0.333. The van der Waals surface area contributed by atoms with E-state index in [-0.39, 0.29) is 24.3 Å². The number of nitrogens with zero attached hydrogens (tertiary/aromatic N) is 1. The van der Waals surface area contributed by atoms with Crippen molar-refractivity contribution >= 4 is 11.8 Å². The van der Waals surface area contributed by atoms with Gasteiger partial charge in [0, 0.05) is 18.9 Å². The van der Waals surface area contributed by atoms with Crippen LogP contribution in [0.2, 0.25) is 0 Å². The van der Waals surface area contributed by atoms with Crippen LogP contribution in [0.1, 0.15) is 17.9 Å². The SMILES string of the molecule is NNC(=O)CN1C[C@H](c2ccccc2)CC1=O. The van der Waals surface area contributed by atoms with Crippen molar-refractivity contribution in [2.45, 2.75) is 12.3 Å². The number of rotatable bonds is 3. The summed E-state index contributed by atoms with van der Waals surface area (Å²) in [5.74, 6) is 4.84. The van der Waals surface area contributed by atoms with Gasteiger partial charge in [-0.2, -0.15) is 0 Å². The van der Waals surface area contributed by atoms with Gasteiger partial charge >= 0.3 is 0 Å². The zero-order valence-corrected chi connectivity index (χ0v) is 9.43. The Labute approximate surface area is 99.6 Å². The summed E-state index contributed by atoms with van der Waals surface area (Å²) < 4.78 is 0. The number of likely N-dealkylation sites (tertiary alicyclic amines) is 1. The van der Waals surface area contributed by atoms with Crippen LogP contribution in [0.5, 0.6) is 0 Å². The standard InChI is InChI=1S/C12H15N3O2/c13-14-11(16)8-15-7-10(6-12(15)17)9-4-2-1-3-5-9/h1-5,10H,6-8,13H2,(H,14,16)/t10-/m1/s1. The highest BCUT2D eigenvalue weighted by molar-refractivity contribution is 5.86. The number of nitrogens with one attached hydrogen (secondary N) is 1. The summed E-state index contributed by atoms with van der Waals surface area (Å²) >= 11 is 0. The largest absolute Gasteiger partial charge is 0.333 e. The van der Waals surface area contributed by atoms with E-state index in [9.17, 15) is 9.59 Å². The van der Waals surface area contributed by atoms with Crippen LogP contribution in [-0.2, 0) is 9.59 Å². The number of benzene rings is 1. The summed E-state index contributed by atoms with van der Waals surface area (Å²) in [6.45, 7) is 0.620. The lowest BCUT2D eigenvalue weighted by Gasteiger charge is -2.15. The average molecular weight is 233 g/mol. The predicted octanol–water partition coefficient (Wildman–Crippen LogP) is -0.00760. The average Bonchev–Trinajstić information content (AvgIpc) is 2.72. The Kier molecular flexibility index (Phi) is 3.39. The van der Waals surface area contributed by atoms with Gasteiger partial charge in [-0.1, -0.05) is 30.3 Å². The molecule has 1 fully saturated rings. The van der Waals surface area contributed by atoms with Crippen molar-refractivity contribution in [3.63, 3.8) is 0 Å². The van der Waals surface area contributed by atoms with Crippen LogP contribution >= 0.6 is 0 Å². The molecule has 3 N–H and O–H groups in total. The van der Waals surface area contributed by atoms with E-state index in [1.165, 1.54) is 0 Å². The Morgan fingerprint density at radius 2 is 2.12 bits per heavy atom. The molecule has 0 spiro atoms. The van der Waals surface area contributed by atoms with Crippen molar-refractivity contribution in [2.75, 3.05) is 13.1 Å². The van der Waals surface area contributed by atoms with E-state index in [4.69, 9.17) is 5.84 Å². The van der Waals surface area contributed by atoms with Gasteiger partial charge in [-0.25, -0.2) is 5.84 Å². The van der Waals surface area contributed by atoms with E-state index in [2.05, 4.69) is 0 Å². The maximum atomic E-state index is 11.7. The molecule has 1 heterocycles. The molecule has 2 amide bonds. The second kappa shape index (κ2) is 4.97. The number of amides is 2. The van der Waals surface area contributed by atoms with Gasteiger partial charge in [0.15, 0.2) is 0 Å². The summed E-state index contributed by atoms with van der Waals surface area (Å²) in [7, 11) is 0. The molecule has 1 aromatic carbocycles. The molecule has 0 saturated carbocycles. The van der Waals surface area contributed by atoms with Crippen LogP contribution in [0.3, 0.4) is 0 Å². The van der Waals surface area contributed by atoms with Crippen LogP contribution in [0.15, 0.2) is 30.3 Å². The second-order valence-corrected chi connectivity index (χ2v) is 4.15. The van der Waals surface area contributed by atoms with Crippen LogP contribution in [0, 0.1) is 0 Å². The first kappa shape index (κ1) is 11.6. The van der Waals surface area contributed by atoms with Gasteiger partial charge in [0.1, 0.15) is 6.54 Å². The summed E-state index contributed by atoms with van der Waals surface area (Å²) in [6, 6.07) is 9.86. The predicted molar refractivity (Wildman–Crippen MR) is 62.7 cm³/mol. The van der Waals surface area contributed by atoms with Gasteiger partial charge in [0.2, 0.25) is 5.91 Å². The Morgan fingerprint density at radius 3 is 2.76 bits per heavy atom. The minimum Gasteiger partial charge on any atom is -0.333 e. The second-order valence-electron chi connectivity index (χ2n) is 4.15. The van der Waals surface area contributed by atoms with Crippen LogP contribution in [0.4, 0.5) is 0 Å². The zero-order chi connectivity index (χ0) is 12.3. The third kappa shape index (κ3) is 2.62. The smallest absolute Gasteiger partial charge is 0.253 e. The minimum atomic E-state index is -0.341. The van der Waals surface area contributed by atoms with E-state index in [1.807, 2.05) is 35.8 Å². The highest BCUT2D eigenvalue weighted by atomic mass is 16.2. The van der Waals surface area contributed by atoms with Gasteiger partial charge in [-0.05, 0) is 5.56 Å². The molecule has 1 aliphatic rings. The van der Waals surface area contributed by atoms with E-state index < -0.39 is 0 Å². The fourth-order valence-corrected chi connectivity index (χ4v) is 2.09. The van der Waals surface area contributed by atoms with Gasteiger partial charge < -0.3 is 4.90 Å². The van der Waals surface area contributed by atoms with Crippen molar-refractivity contribution in [1.82, 2.24) is 10.3 Å². The Morgan fingerprint density at radius 1 is 1.41 bits per heavy atom. The number of carbonyl (C=O) groups is 2. The van der Waals surface area contributed by atoms with Gasteiger partial charge in [0.25, 0.3) is 5.91 Å². The molecule has 90 valence electrons.